The number of carbonyl (C=O) groups is 1. The SMILES string of the molecule is CCOC(CCC([SiH3])NC(=O)CO)OCC. The number of rotatable bonds is 9. The first kappa shape index (κ1) is 15.6. The van der Waals surface area contributed by atoms with Gasteiger partial charge in [0.1, 0.15) is 6.61 Å². The van der Waals surface area contributed by atoms with Crippen LogP contribution in [0.5, 0.6) is 0 Å². The van der Waals surface area contributed by atoms with Crippen LogP contribution < -0.4 is 5.32 Å². The van der Waals surface area contributed by atoms with Gasteiger partial charge in [-0.05, 0) is 26.7 Å². The number of amides is 1. The molecule has 5 nitrogen and oxygen atoms in total. The number of hydrogen-bond donors (Lipinski definition) is 2. The topological polar surface area (TPSA) is 67.8 Å². The fraction of sp³-hybridized carbons (Fsp3) is 0.900. The summed E-state index contributed by atoms with van der Waals surface area (Å²) in [6.45, 7) is 4.66. The molecule has 0 saturated carbocycles. The van der Waals surface area contributed by atoms with Crippen LogP contribution in [-0.2, 0) is 14.3 Å². The molecule has 0 fully saturated rings. The van der Waals surface area contributed by atoms with Crippen LogP contribution >= 0.6 is 0 Å². The molecule has 1 amide bonds. The van der Waals surface area contributed by atoms with Crippen molar-refractivity contribution in [1.29, 1.82) is 0 Å². The predicted octanol–water partition coefficient (Wildman–Crippen LogP) is -1.03. The van der Waals surface area contributed by atoms with Gasteiger partial charge in [0.2, 0.25) is 5.91 Å². The maximum Gasteiger partial charge on any atom is 0.245 e. The highest BCUT2D eigenvalue weighted by Crippen LogP contribution is 2.06. The van der Waals surface area contributed by atoms with E-state index in [0.29, 0.717) is 13.2 Å². The Morgan fingerprint density at radius 3 is 2.31 bits per heavy atom. The van der Waals surface area contributed by atoms with Crippen molar-refractivity contribution in [3.05, 3.63) is 0 Å². The number of ether oxygens (including phenoxy) is 2. The highest BCUT2D eigenvalue weighted by molar-refractivity contribution is 6.13. The van der Waals surface area contributed by atoms with E-state index in [1.165, 1.54) is 0 Å². The van der Waals surface area contributed by atoms with E-state index in [0.717, 1.165) is 23.1 Å². The number of aliphatic hydroxyl groups excluding tert-OH is 1. The van der Waals surface area contributed by atoms with E-state index < -0.39 is 6.61 Å². The lowest BCUT2D eigenvalue weighted by Gasteiger charge is -2.19. The largest absolute Gasteiger partial charge is 0.387 e. The number of aliphatic hydroxyl groups is 1. The Hall–Kier alpha value is -0.433. The first-order valence-electron chi connectivity index (χ1n) is 5.77. The molecule has 0 bridgehead atoms. The number of nitrogens with one attached hydrogen (secondary N) is 1. The smallest absolute Gasteiger partial charge is 0.245 e. The molecule has 0 aliphatic rings. The standard InChI is InChI=1S/C10H23NO4Si/c1-3-14-10(15-4-2)6-5-9(16)11-8(13)7-12/h9-10,12H,3-7H2,1-2,16H3,(H,11,13). The monoisotopic (exact) mass is 249 g/mol. The van der Waals surface area contributed by atoms with Crippen molar-refractivity contribution < 1.29 is 19.4 Å². The van der Waals surface area contributed by atoms with Crippen molar-refractivity contribution in [3.8, 4) is 0 Å². The van der Waals surface area contributed by atoms with E-state index in [4.69, 9.17) is 14.6 Å². The zero-order valence-electron chi connectivity index (χ0n) is 10.4. The Morgan fingerprint density at radius 2 is 1.88 bits per heavy atom. The van der Waals surface area contributed by atoms with Crippen molar-refractivity contribution >= 4 is 16.1 Å². The minimum absolute atomic E-state index is 0.156. The molecular formula is C10H23NO4Si. The summed E-state index contributed by atoms with van der Waals surface area (Å²) < 4.78 is 10.8. The Bertz CT molecular complexity index is 186. The van der Waals surface area contributed by atoms with Crippen molar-refractivity contribution in [2.24, 2.45) is 0 Å². The van der Waals surface area contributed by atoms with Crippen molar-refractivity contribution in [2.75, 3.05) is 19.8 Å². The van der Waals surface area contributed by atoms with Crippen LogP contribution in [0.1, 0.15) is 26.7 Å². The van der Waals surface area contributed by atoms with Crippen molar-refractivity contribution in [2.45, 2.75) is 38.6 Å². The fourth-order valence-electron chi connectivity index (χ4n) is 1.37. The second kappa shape index (κ2) is 9.77. The van der Waals surface area contributed by atoms with Crippen LogP contribution in [0.3, 0.4) is 0 Å². The molecule has 96 valence electrons. The van der Waals surface area contributed by atoms with Crippen LogP contribution in [-0.4, -0.2) is 53.0 Å². The average molecular weight is 249 g/mol. The van der Waals surface area contributed by atoms with Crippen LogP contribution in [0.25, 0.3) is 0 Å². The molecule has 0 saturated heterocycles. The lowest BCUT2D eigenvalue weighted by Crippen LogP contribution is -2.37. The molecule has 0 heterocycles. The van der Waals surface area contributed by atoms with Gasteiger partial charge >= 0.3 is 0 Å². The lowest BCUT2D eigenvalue weighted by atomic mass is 10.3. The molecule has 0 radical (unpaired) electrons. The van der Waals surface area contributed by atoms with Crippen molar-refractivity contribution in [3.63, 3.8) is 0 Å². The van der Waals surface area contributed by atoms with Gasteiger partial charge in [-0.2, -0.15) is 0 Å². The molecule has 1 unspecified atom stereocenters. The lowest BCUT2D eigenvalue weighted by molar-refractivity contribution is -0.140. The highest BCUT2D eigenvalue weighted by atomic mass is 28.1. The maximum absolute atomic E-state index is 10.9. The zero-order valence-corrected chi connectivity index (χ0v) is 12.4. The quantitative estimate of drug-likeness (QED) is 0.405. The van der Waals surface area contributed by atoms with E-state index in [1.54, 1.807) is 0 Å². The third-order valence-corrected chi connectivity index (χ3v) is 2.96. The van der Waals surface area contributed by atoms with Crippen LogP contribution in [0.4, 0.5) is 0 Å². The van der Waals surface area contributed by atoms with E-state index >= 15 is 0 Å². The summed E-state index contributed by atoms with van der Waals surface area (Å²) in [7, 11) is 0.851. The van der Waals surface area contributed by atoms with Crippen LogP contribution in [0.2, 0.25) is 0 Å². The summed E-state index contributed by atoms with van der Waals surface area (Å²) in [6, 6.07) is 0. The summed E-state index contributed by atoms with van der Waals surface area (Å²) in [5.74, 6) is -0.315. The second-order valence-corrected chi connectivity index (χ2v) is 4.94. The summed E-state index contributed by atoms with van der Waals surface area (Å²) in [4.78, 5) is 10.9. The van der Waals surface area contributed by atoms with Gasteiger partial charge in [0.15, 0.2) is 6.29 Å². The first-order chi connectivity index (χ1) is 7.63. The normalized spacial score (nSPS) is 13.0. The van der Waals surface area contributed by atoms with Gasteiger partial charge < -0.3 is 19.9 Å². The molecule has 1 atom stereocenters. The summed E-state index contributed by atoms with van der Waals surface area (Å²) in [5.41, 5.74) is 0.156. The molecule has 0 aromatic carbocycles. The molecule has 0 aromatic rings. The summed E-state index contributed by atoms with van der Waals surface area (Å²) in [6.07, 6.45) is 1.40. The fourth-order valence-corrected chi connectivity index (χ4v) is 2.02. The Balaban J connectivity index is 3.76. The third kappa shape index (κ3) is 7.81. The molecular weight excluding hydrogens is 226 g/mol. The van der Waals surface area contributed by atoms with E-state index in [1.807, 2.05) is 13.8 Å². The van der Waals surface area contributed by atoms with E-state index in [-0.39, 0.29) is 17.9 Å². The Labute approximate surface area is 99.9 Å². The van der Waals surface area contributed by atoms with Gasteiger partial charge in [0.25, 0.3) is 0 Å². The van der Waals surface area contributed by atoms with Crippen LogP contribution in [0, 0.1) is 0 Å². The summed E-state index contributed by atoms with van der Waals surface area (Å²) >= 11 is 0. The summed E-state index contributed by atoms with van der Waals surface area (Å²) in [5, 5.41) is 11.3. The minimum atomic E-state index is -0.445. The van der Waals surface area contributed by atoms with Gasteiger partial charge in [0.05, 0.1) is 0 Å². The molecule has 0 aliphatic heterocycles. The van der Waals surface area contributed by atoms with E-state index in [9.17, 15) is 4.79 Å². The molecule has 0 rings (SSSR count). The van der Waals surface area contributed by atoms with Gasteiger partial charge in [-0.1, -0.05) is 0 Å². The van der Waals surface area contributed by atoms with E-state index in [2.05, 4.69) is 5.32 Å². The van der Waals surface area contributed by atoms with Crippen LogP contribution in [0.15, 0.2) is 0 Å². The molecule has 0 spiro atoms. The molecule has 0 aliphatic carbocycles. The van der Waals surface area contributed by atoms with Gasteiger partial charge in [0, 0.05) is 29.1 Å². The van der Waals surface area contributed by atoms with Gasteiger partial charge in [-0.15, -0.1) is 0 Å². The molecule has 0 aromatic heterocycles. The van der Waals surface area contributed by atoms with Crippen molar-refractivity contribution in [1.82, 2.24) is 5.32 Å². The highest BCUT2D eigenvalue weighted by Gasteiger charge is 2.11. The minimum Gasteiger partial charge on any atom is -0.387 e. The average Bonchev–Trinajstić information content (AvgIpc) is 2.26. The Morgan fingerprint density at radius 1 is 1.31 bits per heavy atom. The third-order valence-electron chi connectivity index (χ3n) is 2.09. The first-order valence-corrected chi connectivity index (χ1v) is 6.92. The number of hydrogen-bond acceptors (Lipinski definition) is 4. The molecule has 2 N–H and O–H groups in total. The molecule has 6 heteroatoms. The number of carbonyl (C=O) groups excluding carboxylic acids is 1. The predicted molar refractivity (Wildman–Crippen MR) is 65.2 cm³/mol. The Kier molecular flexibility index (Phi) is 9.50. The second-order valence-electron chi connectivity index (χ2n) is 3.54. The van der Waals surface area contributed by atoms with Gasteiger partial charge in [-0.25, -0.2) is 0 Å². The zero-order chi connectivity index (χ0) is 12.4. The maximum atomic E-state index is 10.9. The van der Waals surface area contributed by atoms with Gasteiger partial charge in [-0.3, -0.25) is 4.79 Å². The molecule has 16 heavy (non-hydrogen) atoms.